The first kappa shape index (κ1) is 14.7. The summed E-state index contributed by atoms with van der Waals surface area (Å²) in [5.41, 5.74) is 1.91. The molecule has 21 heavy (non-hydrogen) atoms. The largest absolute Gasteiger partial charge is 0.492 e. The van der Waals surface area contributed by atoms with Gasteiger partial charge in [-0.2, -0.15) is 0 Å². The monoisotopic (exact) mass is 326 g/mol. The third kappa shape index (κ3) is 3.03. The second-order valence-electron chi connectivity index (χ2n) is 5.13. The molecule has 0 radical (unpaired) electrons. The van der Waals surface area contributed by atoms with Crippen LogP contribution in [-0.4, -0.2) is 11.6 Å². The Balaban J connectivity index is 1.79. The van der Waals surface area contributed by atoms with Crippen molar-refractivity contribution in [2.45, 2.75) is 32.9 Å². The molecule has 1 aliphatic rings. The van der Waals surface area contributed by atoms with Gasteiger partial charge in [-0.1, -0.05) is 23.2 Å². The lowest BCUT2D eigenvalue weighted by molar-refractivity contribution is 0.249. The molecule has 2 aromatic rings. The highest BCUT2D eigenvalue weighted by molar-refractivity contribution is 6.35. The summed E-state index contributed by atoms with van der Waals surface area (Å²) >= 11 is 12.3. The molecule has 6 heteroatoms. The van der Waals surface area contributed by atoms with Crippen LogP contribution in [-0.2, 0) is 6.54 Å². The molecule has 0 amide bonds. The Morgan fingerprint density at radius 3 is 2.86 bits per heavy atom. The van der Waals surface area contributed by atoms with Gasteiger partial charge >= 0.3 is 0 Å². The number of benzene rings is 1. The van der Waals surface area contributed by atoms with E-state index in [1.165, 1.54) is 0 Å². The Kier molecular flexibility index (Phi) is 4.11. The van der Waals surface area contributed by atoms with Crippen molar-refractivity contribution in [3.8, 4) is 5.75 Å². The fraction of sp³-hybridized carbons (Fsp3) is 0.400. The van der Waals surface area contributed by atoms with Crippen molar-refractivity contribution in [3.63, 3.8) is 0 Å². The first-order valence-electron chi connectivity index (χ1n) is 6.82. The summed E-state index contributed by atoms with van der Waals surface area (Å²) in [6.07, 6.45) is 0.850. The number of nitrogens with one attached hydrogen (secondary N) is 1. The van der Waals surface area contributed by atoms with E-state index in [-0.39, 0.29) is 6.04 Å². The van der Waals surface area contributed by atoms with E-state index in [0.717, 1.165) is 23.4 Å². The van der Waals surface area contributed by atoms with Gasteiger partial charge in [-0.05, 0) is 26.0 Å². The van der Waals surface area contributed by atoms with Gasteiger partial charge in [0.1, 0.15) is 11.5 Å². The van der Waals surface area contributed by atoms with Crippen molar-refractivity contribution in [1.29, 1.82) is 0 Å². The van der Waals surface area contributed by atoms with Gasteiger partial charge in [-0.3, -0.25) is 0 Å². The van der Waals surface area contributed by atoms with Crippen LogP contribution in [0.4, 0.5) is 0 Å². The zero-order valence-electron chi connectivity index (χ0n) is 11.9. The van der Waals surface area contributed by atoms with Crippen molar-refractivity contribution in [3.05, 3.63) is 45.1 Å². The number of halogens is 2. The number of hydrogen-bond acceptors (Lipinski definition) is 4. The lowest BCUT2D eigenvalue weighted by atomic mass is 10.0. The molecule has 1 aromatic heterocycles. The highest BCUT2D eigenvalue weighted by Crippen LogP contribution is 2.40. The fourth-order valence-electron chi connectivity index (χ4n) is 2.46. The summed E-state index contributed by atoms with van der Waals surface area (Å²) in [6, 6.07) is 3.72. The Labute approximate surface area is 133 Å². The van der Waals surface area contributed by atoms with E-state index in [9.17, 15) is 0 Å². The van der Waals surface area contributed by atoms with Gasteiger partial charge in [0, 0.05) is 23.0 Å². The molecule has 0 bridgehead atoms. The average molecular weight is 327 g/mol. The van der Waals surface area contributed by atoms with Crippen LogP contribution in [0.5, 0.6) is 5.75 Å². The van der Waals surface area contributed by atoms with Crippen LogP contribution in [0.25, 0.3) is 0 Å². The van der Waals surface area contributed by atoms with Gasteiger partial charge in [0.2, 0.25) is 5.89 Å². The Morgan fingerprint density at radius 1 is 1.33 bits per heavy atom. The number of hydrogen-bond donors (Lipinski definition) is 1. The van der Waals surface area contributed by atoms with Gasteiger partial charge in [0.25, 0.3) is 0 Å². The van der Waals surface area contributed by atoms with Crippen LogP contribution in [0.3, 0.4) is 0 Å². The molecular weight excluding hydrogens is 311 g/mol. The molecular formula is C15H16Cl2N2O2. The van der Waals surface area contributed by atoms with Crippen LogP contribution in [0.15, 0.2) is 16.5 Å². The van der Waals surface area contributed by atoms with Crippen LogP contribution in [0.1, 0.15) is 35.4 Å². The zero-order valence-corrected chi connectivity index (χ0v) is 13.4. The molecule has 4 nitrogen and oxygen atoms in total. The van der Waals surface area contributed by atoms with E-state index in [0.29, 0.717) is 34.8 Å². The maximum absolute atomic E-state index is 6.19. The lowest BCUT2D eigenvalue weighted by Crippen LogP contribution is -2.27. The maximum Gasteiger partial charge on any atom is 0.208 e. The van der Waals surface area contributed by atoms with Crippen LogP contribution in [0, 0.1) is 13.8 Å². The van der Waals surface area contributed by atoms with E-state index in [2.05, 4.69) is 10.3 Å². The Hall–Kier alpha value is -1.23. The highest BCUT2D eigenvalue weighted by atomic mass is 35.5. The number of rotatable bonds is 3. The van der Waals surface area contributed by atoms with Crippen molar-refractivity contribution < 1.29 is 9.15 Å². The molecule has 1 aromatic carbocycles. The SMILES string of the molecule is Cc1nc(CNC2CCOc3c(Cl)cc(Cl)cc32)oc1C. The minimum absolute atomic E-state index is 0.123. The molecule has 0 spiro atoms. The number of aryl methyl sites for hydroxylation is 2. The molecule has 0 saturated carbocycles. The normalized spacial score (nSPS) is 17.4. The van der Waals surface area contributed by atoms with Crippen LogP contribution >= 0.6 is 23.2 Å². The Bertz CT molecular complexity index is 650. The second kappa shape index (κ2) is 5.87. The van der Waals surface area contributed by atoms with Gasteiger partial charge in [0.15, 0.2) is 0 Å². The molecule has 0 saturated heterocycles. The minimum atomic E-state index is 0.123. The summed E-state index contributed by atoms with van der Waals surface area (Å²) in [5.74, 6) is 2.25. The highest BCUT2D eigenvalue weighted by Gasteiger charge is 2.24. The number of fused-ring (bicyclic) bond motifs is 1. The lowest BCUT2D eigenvalue weighted by Gasteiger charge is -2.27. The summed E-state index contributed by atoms with van der Waals surface area (Å²) in [5, 5.41) is 4.59. The fourth-order valence-corrected chi connectivity index (χ4v) is 3.03. The second-order valence-corrected chi connectivity index (χ2v) is 5.97. The van der Waals surface area contributed by atoms with Gasteiger partial charge in [-0.15, -0.1) is 0 Å². The van der Waals surface area contributed by atoms with E-state index in [4.69, 9.17) is 32.4 Å². The van der Waals surface area contributed by atoms with Crippen molar-refractivity contribution in [2.24, 2.45) is 0 Å². The summed E-state index contributed by atoms with van der Waals surface area (Å²) in [7, 11) is 0. The number of aromatic nitrogens is 1. The quantitative estimate of drug-likeness (QED) is 0.917. The standard InChI is InChI=1S/C15H16Cl2N2O2/c1-8-9(2)21-14(19-8)7-18-13-3-4-20-15-11(13)5-10(16)6-12(15)17/h5-6,13,18H,3-4,7H2,1-2H3. The topological polar surface area (TPSA) is 47.3 Å². The third-order valence-electron chi connectivity index (χ3n) is 3.64. The number of oxazole rings is 1. The molecule has 1 unspecified atom stereocenters. The molecule has 0 aliphatic carbocycles. The average Bonchev–Trinajstić information content (AvgIpc) is 2.75. The maximum atomic E-state index is 6.19. The summed E-state index contributed by atoms with van der Waals surface area (Å²) < 4.78 is 11.2. The predicted octanol–water partition coefficient (Wildman–Crippen LogP) is 4.21. The van der Waals surface area contributed by atoms with Crippen LogP contribution in [0.2, 0.25) is 10.0 Å². The van der Waals surface area contributed by atoms with Gasteiger partial charge in [-0.25, -0.2) is 4.98 Å². The van der Waals surface area contributed by atoms with Gasteiger partial charge < -0.3 is 14.5 Å². The third-order valence-corrected chi connectivity index (χ3v) is 4.14. The van der Waals surface area contributed by atoms with Crippen LogP contribution < -0.4 is 10.1 Å². The number of nitrogens with zero attached hydrogens (tertiary/aromatic N) is 1. The van der Waals surface area contributed by atoms with Crippen molar-refractivity contribution in [2.75, 3.05) is 6.61 Å². The molecule has 0 fully saturated rings. The minimum Gasteiger partial charge on any atom is -0.492 e. The first-order chi connectivity index (χ1) is 10.0. The molecule has 3 rings (SSSR count). The summed E-state index contributed by atoms with van der Waals surface area (Å²) in [4.78, 5) is 4.37. The van der Waals surface area contributed by atoms with Crippen molar-refractivity contribution >= 4 is 23.2 Å². The number of ether oxygens (including phenoxy) is 1. The van der Waals surface area contributed by atoms with E-state index < -0.39 is 0 Å². The molecule has 1 atom stereocenters. The van der Waals surface area contributed by atoms with E-state index in [1.54, 1.807) is 6.07 Å². The van der Waals surface area contributed by atoms with Crippen molar-refractivity contribution in [1.82, 2.24) is 10.3 Å². The molecule has 1 aliphatic heterocycles. The molecule has 112 valence electrons. The molecule has 2 heterocycles. The van der Waals surface area contributed by atoms with E-state index in [1.807, 2.05) is 19.9 Å². The van der Waals surface area contributed by atoms with E-state index >= 15 is 0 Å². The smallest absolute Gasteiger partial charge is 0.208 e. The first-order valence-corrected chi connectivity index (χ1v) is 7.58. The Morgan fingerprint density at radius 2 is 2.14 bits per heavy atom. The van der Waals surface area contributed by atoms with Gasteiger partial charge in [0.05, 0.1) is 23.9 Å². The zero-order chi connectivity index (χ0) is 15.0. The summed E-state index contributed by atoms with van der Waals surface area (Å²) in [6.45, 7) is 5.03. The molecule has 1 N–H and O–H groups in total. The predicted molar refractivity (Wildman–Crippen MR) is 82.1 cm³/mol.